The first-order valence-electron chi connectivity index (χ1n) is 14.5. The molecule has 0 aliphatic carbocycles. The van der Waals surface area contributed by atoms with Gasteiger partial charge >= 0.3 is 0 Å². The molecule has 9 rings (SSSR count). The van der Waals surface area contributed by atoms with Crippen molar-refractivity contribution in [1.29, 1.82) is 0 Å². The molecule has 0 N–H and O–H groups in total. The van der Waals surface area contributed by atoms with Crippen LogP contribution in [0.1, 0.15) is 0 Å². The maximum atomic E-state index is 6.28. The fourth-order valence-electron chi connectivity index (χ4n) is 6.04. The van der Waals surface area contributed by atoms with Gasteiger partial charge in [0.2, 0.25) is 0 Å². The number of nitrogens with zero attached hydrogens (tertiary/aromatic N) is 4. The van der Waals surface area contributed by atoms with Gasteiger partial charge in [0.25, 0.3) is 0 Å². The number of aromatic nitrogens is 2. The zero-order valence-corrected chi connectivity index (χ0v) is 24.3. The first-order chi connectivity index (χ1) is 21.8. The lowest BCUT2D eigenvalue weighted by atomic mass is 10.1. The van der Waals surface area contributed by atoms with Crippen molar-refractivity contribution in [1.82, 2.24) is 9.97 Å². The second kappa shape index (κ2) is 10.0. The standard InChI is InChI=1S/C38H24N4OS/c1-2-12-25(13-3-1)37-39-28-24-26(41-29-14-4-8-18-33(29)43-34-19-9-5-15-30(34)41)22-23-27(28)38(40-37)42-31-16-6-10-20-35(31)44-36-21-11-7-17-32(36)42/h1-24H. The molecule has 0 bridgehead atoms. The quantitative estimate of drug-likeness (QED) is 0.206. The maximum Gasteiger partial charge on any atom is 0.162 e. The van der Waals surface area contributed by atoms with E-state index in [9.17, 15) is 0 Å². The van der Waals surface area contributed by atoms with Gasteiger partial charge in [0.05, 0.1) is 28.3 Å². The summed E-state index contributed by atoms with van der Waals surface area (Å²) in [6, 6.07) is 50.1. The Balaban J connectivity index is 1.31. The lowest BCUT2D eigenvalue weighted by molar-refractivity contribution is 0.477. The highest BCUT2D eigenvalue weighted by atomic mass is 32.2. The summed E-state index contributed by atoms with van der Waals surface area (Å²) in [6.45, 7) is 0. The summed E-state index contributed by atoms with van der Waals surface area (Å²) < 4.78 is 6.28. The van der Waals surface area contributed by atoms with Gasteiger partial charge in [0, 0.05) is 26.4 Å². The minimum atomic E-state index is 0.682. The SMILES string of the molecule is c1ccc(-c2nc(N3c4ccccc4Sc4ccccc43)c3ccc(N4c5ccccc5Oc5ccccc54)cc3n2)cc1. The number of fused-ring (bicyclic) bond motifs is 5. The molecule has 0 spiro atoms. The molecule has 0 saturated heterocycles. The van der Waals surface area contributed by atoms with Gasteiger partial charge in [-0.05, 0) is 66.7 Å². The summed E-state index contributed by atoms with van der Waals surface area (Å²) in [5.74, 6) is 3.17. The van der Waals surface area contributed by atoms with Crippen molar-refractivity contribution in [3.05, 3.63) is 146 Å². The molecule has 0 saturated carbocycles. The third kappa shape index (κ3) is 3.96. The summed E-state index contributed by atoms with van der Waals surface area (Å²) >= 11 is 1.79. The van der Waals surface area contributed by atoms with Crippen LogP contribution >= 0.6 is 11.8 Å². The van der Waals surface area contributed by atoms with Crippen LogP contribution in [0.15, 0.2) is 155 Å². The Labute approximate surface area is 259 Å². The first kappa shape index (κ1) is 25.0. The topological polar surface area (TPSA) is 41.5 Å². The Kier molecular flexibility index (Phi) is 5.67. The van der Waals surface area contributed by atoms with Gasteiger partial charge in [0.1, 0.15) is 5.82 Å². The van der Waals surface area contributed by atoms with Crippen molar-refractivity contribution in [3.8, 4) is 22.9 Å². The number of hydrogen-bond acceptors (Lipinski definition) is 6. The molecular formula is C38H24N4OS. The summed E-state index contributed by atoms with van der Waals surface area (Å²) in [6.07, 6.45) is 0. The summed E-state index contributed by atoms with van der Waals surface area (Å²) in [7, 11) is 0. The molecule has 6 aromatic carbocycles. The third-order valence-electron chi connectivity index (χ3n) is 8.03. The van der Waals surface area contributed by atoms with Crippen LogP contribution in [0.2, 0.25) is 0 Å². The van der Waals surface area contributed by atoms with E-state index >= 15 is 0 Å². The molecule has 7 aromatic rings. The zero-order chi connectivity index (χ0) is 29.0. The summed E-state index contributed by atoms with van der Waals surface area (Å²) in [4.78, 5) is 17.4. The lowest BCUT2D eigenvalue weighted by Crippen LogP contribution is -2.18. The Hall–Kier alpha value is -5.59. The predicted molar refractivity (Wildman–Crippen MR) is 179 cm³/mol. The Morgan fingerprint density at radius 3 is 1.73 bits per heavy atom. The molecule has 5 nitrogen and oxygen atoms in total. The monoisotopic (exact) mass is 584 g/mol. The van der Waals surface area contributed by atoms with Crippen molar-refractivity contribution in [2.75, 3.05) is 9.80 Å². The third-order valence-corrected chi connectivity index (χ3v) is 9.16. The minimum absolute atomic E-state index is 0.682. The first-order valence-corrected chi connectivity index (χ1v) is 15.3. The van der Waals surface area contributed by atoms with Crippen LogP contribution < -0.4 is 14.5 Å². The van der Waals surface area contributed by atoms with Crippen molar-refractivity contribution in [3.63, 3.8) is 0 Å². The smallest absolute Gasteiger partial charge is 0.162 e. The fourth-order valence-corrected chi connectivity index (χ4v) is 7.10. The van der Waals surface area contributed by atoms with Crippen molar-refractivity contribution in [2.45, 2.75) is 9.79 Å². The summed E-state index contributed by atoms with van der Waals surface area (Å²) in [5.41, 5.74) is 7.01. The number of ether oxygens (including phenoxy) is 1. The van der Waals surface area contributed by atoms with E-state index in [0.717, 1.165) is 62.2 Å². The van der Waals surface area contributed by atoms with Crippen LogP contribution in [-0.2, 0) is 0 Å². The normalized spacial score (nSPS) is 13.0. The molecule has 208 valence electrons. The number of anilines is 6. The molecule has 2 aliphatic heterocycles. The summed E-state index contributed by atoms with van der Waals surface area (Å²) in [5, 5.41) is 0.972. The predicted octanol–water partition coefficient (Wildman–Crippen LogP) is 10.8. The van der Waals surface area contributed by atoms with Gasteiger partial charge < -0.3 is 9.64 Å². The molecule has 3 heterocycles. The van der Waals surface area contributed by atoms with E-state index in [0.29, 0.717) is 5.82 Å². The molecule has 0 atom stereocenters. The molecule has 0 fully saturated rings. The van der Waals surface area contributed by atoms with E-state index < -0.39 is 0 Å². The van der Waals surface area contributed by atoms with Crippen LogP contribution in [0.5, 0.6) is 11.5 Å². The molecule has 44 heavy (non-hydrogen) atoms. The van der Waals surface area contributed by atoms with Crippen LogP contribution in [0.3, 0.4) is 0 Å². The van der Waals surface area contributed by atoms with Crippen LogP contribution in [0, 0.1) is 0 Å². The molecule has 1 aromatic heterocycles. The maximum absolute atomic E-state index is 6.28. The van der Waals surface area contributed by atoms with Gasteiger partial charge in [-0.1, -0.05) is 90.6 Å². The van der Waals surface area contributed by atoms with E-state index in [2.05, 4.69) is 101 Å². The largest absolute Gasteiger partial charge is 0.453 e. The van der Waals surface area contributed by atoms with Gasteiger partial charge in [-0.15, -0.1) is 0 Å². The van der Waals surface area contributed by atoms with Crippen LogP contribution in [0.4, 0.5) is 34.3 Å². The Morgan fingerprint density at radius 1 is 0.500 bits per heavy atom. The number of para-hydroxylation sites is 6. The second-order valence-electron chi connectivity index (χ2n) is 10.7. The fraction of sp³-hybridized carbons (Fsp3) is 0. The van der Waals surface area contributed by atoms with E-state index in [-0.39, 0.29) is 0 Å². The number of rotatable bonds is 3. The molecule has 0 amide bonds. The minimum Gasteiger partial charge on any atom is -0.453 e. The average Bonchev–Trinajstić information content (AvgIpc) is 3.09. The van der Waals surface area contributed by atoms with Gasteiger partial charge in [-0.25, -0.2) is 9.97 Å². The Morgan fingerprint density at radius 2 is 1.07 bits per heavy atom. The average molecular weight is 585 g/mol. The van der Waals surface area contributed by atoms with E-state index in [1.165, 1.54) is 9.79 Å². The molecule has 0 radical (unpaired) electrons. The highest BCUT2D eigenvalue weighted by Gasteiger charge is 2.29. The van der Waals surface area contributed by atoms with Gasteiger partial charge in [-0.3, -0.25) is 4.90 Å². The molecule has 2 aliphatic rings. The van der Waals surface area contributed by atoms with Crippen molar-refractivity contribution in [2.24, 2.45) is 0 Å². The lowest BCUT2D eigenvalue weighted by Gasteiger charge is -2.34. The molecule has 0 unspecified atom stereocenters. The highest BCUT2D eigenvalue weighted by molar-refractivity contribution is 7.99. The van der Waals surface area contributed by atoms with Crippen LogP contribution in [0.25, 0.3) is 22.3 Å². The van der Waals surface area contributed by atoms with Crippen LogP contribution in [-0.4, -0.2) is 9.97 Å². The highest BCUT2D eigenvalue weighted by Crippen LogP contribution is 2.53. The Bertz CT molecular complexity index is 2130. The van der Waals surface area contributed by atoms with E-state index in [4.69, 9.17) is 14.7 Å². The second-order valence-corrected chi connectivity index (χ2v) is 11.8. The van der Waals surface area contributed by atoms with Crippen molar-refractivity contribution < 1.29 is 4.74 Å². The van der Waals surface area contributed by atoms with Gasteiger partial charge in [-0.2, -0.15) is 0 Å². The molecule has 6 heteroatoms. The number of hydrogen-bond donors (Lipinski definition) is 0. The van der Waals surface area contributed by atoms with E-state index in [1.54, 1.807) is 11.8 Å². The zero-order valence-electron chi connectivity index (χ0n) is 23.5. The van der Waals surface area contributed by atoms with Gasteiger partial charge in [0.15, 0.2) is 17.3 Å². The molecular weight excluding hydrogens is 561 g/mol. The van der Waals surface area contributed by atoms with E-state index in [1.807, 2.05) is 54.6 Å². The number of benzene rings is 6. The van der Waals surface area contributed by atoms with Crippen molar-refractivity contribution >= 4 is 56.9 Å².